The van der Waals surface area contributed by atoms with E-state index in [1.165, 1.54) is 18.4 Å². The van der Waals surface area contributed by atoms with Crippen LogP contribution in [0.15, 0.2) is 24.3 Å². The summed E-state index contributed by atoms with van der Waals surface area (Å²) in [7, 11) is 0. The lowest BCUT2D eigenvalue weighted by molar-refractivity contribution is 0.151. The number of carbonyl (C=O) groups is 1. The molecule has 0 aliphatic heterocycles. The molecule has 0 heterocycles. The summed E-state index contributed by atoms with van der Waals surface area (Å²) in [5.41, 5.74) is 1.33. The van der Waals surface area contributed by atoms with Gasteiger partial charge < -0.3 is 10.1 Å². The second-order valence-electron chi connectivity index (χ2n) is 8.74. The normalized spacial score (nSPS) is 24.7. The Morgan fingerprint density at radius 1 is 1.17 bits per heavy atom. The maximum Gasteiger partial charge on any atom is 0.412 e. The van der Waals surface area contributed by atoms with Crippen LogP contribution < -0.4 is 10.1 Å². The fraction of sp³-hybridized carbons (Fsp3) is 0.667. The quantitative estimate of drug-likeness (QED) is 0.790. The van der Waals surface area contributed by atoms with Gasteiger partial charge in [-0.2, -0.15) is 0 Å². The predicted molar refractivity (Wildman–Crippen MR) is 99.4 cm³/mol. The summed E-state index contributed by atoms with van der Waals surface area (Å²) in [4.78, 5) is 12.3. The maximum absolute atomic E-state index is 12.3. The molecule has 0 aromatic heterocycles. The van der Waals surface area contributed by atoms with E-state index in [1.807, 2.05) is 24.3 Å². The first-order valence-corrected chi connectivity index (χ1v) is 9.25. The SMILES string of the molecule is CC1CC[C@@H](C(C)C)[C@H](NC(=O)Oc2ccc(C(C)(C)C)cc2)C1. The molecule has 3 heteroatoms. The Balaban J connectivity index is 1.96. The molecule has 24 heavy (non-hydrogen) atoms. The van der Waals surface area contributed by atoms with Crippen LogP contribution in [-0.2, 0) is 5.41 Å². The highest BCUT2D eigenvalue weighted by Crippen LogP contribution is 2.33. The van der Waals surface area contributed by atoms with Crippen molar-refractivity contribution in [1.82, 2.24) is 5.32 Å². The fourth-order valence-electron chi connectivity index (χ4n) is 3.68. The molecule has 2 rings (SSSR count). The van der Waals surface area contributed by atoms with Gasteiger partial charge in [0.25, 0.3) is 0 Å². The van der Waals surface area contributed by atoms with Crippen molar-refractivity contribution in [2.75, 3.05) is 0 Å². The van der Waals surface area contributed by atoms with Crippen LogP contribution in [0.4, 0.5) is 4.79 Å². The summed E-state index contributed by atoms with van der Waals surface area (Å²) in [6, 6.07) is 8.03. The fourth-order valence-corrected chi connectivity index (χ4v) is 3.68. The minimum atomic E-state index is -0.330. The lowest BCUT2D eigenvalue weighted by atomic mass is 9.74. The van der Waals surface area contributed by atoms with E-state index in [0.717, 1.165) is 6.42 Å². The van der Waals surface area contributed by atoms with Gasteiger partial charge in [0.1, 0.15) is 5.75 Å². The van der Waals surface area contributed by atoms with E-state index in [9.17, 15) is 4.79 Å². The molecule has 1 aromatic rings. The van der Waals surface area contributed by atoms with Crippen LogP contribution in [-0.4, -0.2) is 12.1 Å². The summed E-state index contributed by atoms with van der Waals surface area (Å²) in [5.74, 6) is 2.38. The van der Waals surface area contributed by atoms with Gasteiger partial charge in [0.15, 0.2) is 0 Å². The molecule has 3 nitrogen and oxygen atoms in total. The second-order valence-corrected chi connectivity index (χ2v) is 8.74. The van der Waals surface area contributed by atoms with Crippen LogP contribution in [0.5, 0.6) is 5.75 Å². The van der Waals surface area contributed by atoms with Crippen LogP contribution in [0.2, 0.25) is 0 Å². The third kappa shape index (κ3) is 4.99. The van der Waals surface area contributed by atoms with Crippen LogP contribution in [0.3, 0.4) is 0 Å². The van der Waals surface area contributed by atoms with Crippen LogP contribution >= 0.6 is 0 Å². The maximum atomic E-state index is 12.3. The zero-order chi connectivity index (χ0) is 17.9. The number of nitrogens with one attached hydrogen (secondary N) is 1. The van der Waals surface area contributed by atoms with Gasteiger partial charge in [-0.1, -0.05) is 60.1 Å². The van der Waals surface area contributed by atoms with Crippen LogP contribution in [0.1, 0.15) is 66.4 Å². The second kappa shape index (κ2) is 7.58. The average Bonchev–Trinajstić information content (AvgIpc) is 2.46. The lowest BCUT2D eigenvalue weighted by Crippen LogP contribution is -2.46. The molecule has 1 aliphatic carbocycles. The number of ether oxygens (including phenoxy) is 1. The summed E-state index contributed by atoms with van der Waals surface area (Å²) in [6.45, 7) is 13.3. The van der Waals surface area contributed by atoms with Gasteiger partial charge in [-0.3, -0.25) is 0 Å². The molecular weight excluding hydrogens is 298 g/mol. The first-order valence-electron chi connectivity index (χ1n) is 9.25. The minimum absolute atomic E-state index is 0.101. The smallest absolute Gasteiger partial charge is 0.410 e. The molecular formula is C21H33NO2. The molecule has 0 spiro atoms. The van der Waals surface area contributed by atoms with Gasteiger partial charge in [-0.05, 0) is 53.7 Å². The highest BCUT2D eigenvalue weighted by Gasteiger charge is 2.32. The molecule has 0 radical (unpaired) electrons. The van der Waals surface area contributed by atoms with Crippen molar-refractivity contribution >= 4 is 6.09 Å². The third-order valence-corrected chi connectivity index (χ3v) is 5.26. The molecule has 1 aromatic carbocycles. The van der Waals surface area contributed by atoms with Gasteiger partial charge in [0, 0.05) is 6.04 Å². The minimum Gasteiger partial charge on any atom is -0.410 e. The Hall–Kier alpha value is -1.51. The van der Waals surface area contributed by atoms with E-state index in [-0.39, 0.29) is 17.6 Å². The number of benzene rings is 1. The van der Waals surface area contributed by atoms with E-state index in [2.05, 4.69) is 46.9 Å². The molecule has 0 saturated heterocycles. The molecule has 1 saturated carbocycles. The van der Waals surface area contributed by atoms with Crippen molar-refractivity contribution in [1.29, 1.82) is 0 Å². The molecule has 1 N–H and O–H groups in total. The average molecular weight is 332 g/mol. The van der Waals surface area contributed by atoms with Crippen molar-refractivity contribution < 1.29 is 9.53 Å². The number of carbonyl (C=O) groups excluding carboxylic acids is 1. The van der Waals surface area contributed by atoms with Gasteiger partial charge in [-0.15, -0.1) is 0 Å². The topological polar surface area (TPSA) is 38.3 Å². The Bertz CT molecular complexity index is 542. The van der Waals surface area contributed by atoms with E-state index < -0.39 is 0 Å². The third-order valence-electron chi connectivity index (χ3n) is 5.26. The molecule has 1 amide bonds. The van der Waals surface area contributed by atoms with E-state index >= 15 is 0 Å². The number of hydrogen-bond donors (Lipinski definition) is 1. The van der Waals surface area contributed by atoms with Gasteiger partial charge >= 0.3 is 6.09 Å². The summed E-state index contributed by atoms with van der Waals surface area (Å²) < 4.78 is 5.50. The first-order chi connectivity index (χ1) is 11.2. The summed E-state index contributed by atoms with van der Waals surface area (Å²) in [6.07, 6.45) is 3.15. The Labute approximate surface area is 147 Å². The van der Waals surface area contributed by atoms with Crippen molar-refractivity contribution in [2.45, 2.75) is 72.3 Å². The zero-order valence-electron chi connectivity index (χ0n) is 16.1. The molecule has 0 bridgehead atoms. The van der Waals surface area contributed by atoms with Gasteiger partial charge in [0.05, 0.1) is 0 Å². The summed E-state index contributed by atoms with van der Waals surface area (Å²) in [5, 5.41) is 3.11. The highest BCUT2D eigenvalue weighted by molar-refractivity contribution is 5.70. The standard InChI is InChI=1S/C21H33NO2/c1-14(2)18-12-7-15(3)13-19(18)22-20(23)24-17-10-8-16(9-11-17)21(4,5)6/h8-11,14-15,18-19H,7,12-13H2,1-6H3,(H,22,23)/t15?,18-,19+/m0/s1. The zero-order valence-corrected chi connectivity index (χ0v) is 16.1. The Morgan fingerprint density at radius 3 is 2.33 bits per heavy atom. The molecule has 134 valence electrons. The number of hydrogen-bond acceptors (Lipinski definition) is 2. The van der Waals surface area contributed by atoms with Crippen molar-refractivity contribution in [3.05, 3.63) is 29.8 Å². The highest BCUT2D eigenvalue weighted by atomic mass is 16.6. The van der Waals surface area contributed by atoms with Crippen LogP contribution in [0, 0.1) is 17.8 Å². The predicted octanol–water partition coefficient (Wildman–Crippen LogP) is 5.53. The molecule has 1 unspecified atom stereocenters. The Kier molecular flexibility index (Phi) is 5.95. The van der Waals surface area contributed by atoms with Crippen molar-refractivity contribution in [2.24, 2.45) is 17.8 Å². The summed E-state index contributed by atoms with van der Waals surface area (Å²) >= 11 is 0. The largest absolute Gasteiger partial charge is 0.412 e. The Morgan fingerprint density at radius 2 is 1.79 bits per heavy atom. The van der Waals surface area contributed by atoms with E-state index in [1.54, 1.807) is 0 Å². The molecule has 1 fully saturated rings. The van der Waals surface area contributed by atoms with Crippen molar-refractivity contribution in [3.8, 4) is 5.75 Å². The van der Waals surface area contributed by atoms with Gasteiger partial charge in [0.2, 0.25) is 0 Å². The van der Waals surface area contributed by atoms with Crippen LogP contribution in [0.25, 0.3) is 0 Å². The monoisotopic (exact) mass is 331 g/mol. The molecule has 1 aliphatic rings. The van der Waals surface area contributed by atoms with Gasteiger partial charge in [-0.25, -0.2) is 4.79 Å². The molecule has 3 atom stereocenters. The van der Waals surface area contributed by atoms with E-state index in [4.69, 9.17) is 4.74 Å². The lowest BCUT2D eigenvalue weighted by Gasteiger charge is -2.37. The van der Waals surface area contributed by atoms with Crippen molar-refractivity contribution in [3.63, 3.8) is 0 Å². The number of rotatable bonds is 3. The first kappa shape index (κ1) is 18.8. The number of amides is 1. The van der Waals surface area contributed by atoms with E-state index in [0.29, 0.717) is 23.5 Å².